The summed E-state index contributed by atoms with van der Waals surface area (Å²) < 4.78 is 0.0169. The van der Waals surface area contributed by atoms with Crippen LogP contribution in [0, 0.1) is 5.41 Å². The highest BCUT2D eigenvalue weighted by atomic mass is 32.2. The fourth-order valence-electron chi connectivity index (χ4n) is 3.23. The summed E-state index contributed by atoms with van der Waals surface area (Å²) in [5, 5.41) is 10.3. The Labute approximate surface area is 157 Å². The van der Waals surface area contributed by atoms with Gasteiger partial charge in [0.25, 0.3) is 0 Å². The van der Waals surface area contributed by atoms with E-state index >= 15 is 0 Å². The summed E-state index contributed by atoms with van der Waals surface area (Å²) in [5.74, 6) is 1.54. The number of hydrogen-bond acceptors (Lipinski definition) is 3. The van der Waals surface area contributed by atoms with Crippen LogP contribution in [0.3, 0.4) is 0 Å². The van der Waals surface area contributed by atoms with Crippen LogP contribution in [-0.4, -0.2) is 31.6 Å². The number of aliphatic carboxylic acids is 1. The van der Waals surface area contributed by atoms with E-state index in [2.05, 4.69) is 37.9 Å². The molecule has 0 amide bonds. The zero-order valence-corrected chi connectivity index (χ0v) is 16.6. The molecular weight excluding hydrogens is 350 g/mol. The molecule has 25 heavy (non-hydrogen) atoms. The monoisotopic (exact) mass is 375 g/mol. The number of H-pyrrole nitrogens is 1. The van der Waals surface area contributed by atoms with Gasteiger partial charge in [0.05, 0.1) is 10.5 Å². The van der Waals surface area contributed by atoms with Crippen LogP contribution in [0.2, 0.25) is 0 Å². The molecule has 1 aliphatic heterocycles. The van der Waals surface area contributed by atoms with Gasteiger partial charge in [-0.05, 0) is 41.0 Å². The molecule has 1 saturated heterocycles. The first-order valence-electron chi connectivity index (χ1n) is 8.61. The number of aromatic amines is 1. The van der Waals surface area contributed by atoms with E-state index in [0.29, 0.717) is 0 Å². The molecule has 3 rings (SSSR count). The maximum atomic E-state index is 11.3. The van der Waals surface area contributed by atoms with Gasteiger partial charge in [0.1, 0.15) is 0 Å². The number of rotatable bonds is 4. The SMILES string of the molecule is CC(C)(C)C1(/C=C/c2[nH]c3ccccc3c2CC(=O)O)SCCCS1. The average Bonchev–Trinajstić information content (AvgIpc) is 2.90. The van der Waals surface area contributed by atoms with Crippen molar-refractivity contribution in [2.24, 2.45) is 5.41 Å². The molecule has 0 saturated carbocycles. The fourth-order valence-corrected chi connectivity index (χ4v) is 6.62. The summed E-state index contributed by atoms with van der Waals surface area (Å²) in [6.45, 7) is 6.85. The van der Waals surface area contributed by atoms with Crippen LogP contribution < -0.4 is 0 Å². The molecule has 0 atom stereocenters. The molecule has 1 aromatic carbocycles. The van der Waals surface area contributed by atoms with Gasteiger partial charge in [-0.2, -0.15) is 0 Å². The Morgan fingerprint density at radius 2 is 1.96 bits per heavy atom. The van der Waals surface area contributed by atoms with Gasteiger partial charge in [0, 0.05) is 16.6 Å². The van der Waals surface area contributed by atoms with E-state index in [1.807, 2.05) is 47.8 Å². The second-order valence-electron chi connectivity index (χ2n) is 7.43. The van der Waals surface area contributed by atoms with Gasteiger partial charge in [-0.1, -0.05) is 45.0 Å². The number of carboxylic acids is 1. The van der Waals surface area contributed by atoms with Crippen LogP contribution in [0.15, 0.2) is 30.3 Å². The summed E-state index contributed by atoms with van der Waals surface area (Å²) in [5.41, 5.74) is 2.90. The normalized spacial score (nSPS) is 18.0. The molecule has 2 aromatic rings. The molecule has 0 aliphatic carbocycles. The van der Waals surface area contributed by atoms with E-state index in [-0.39, 0.29) is 15.9 Å². The van der Waals surface area contributed by atoms with E-state index in [4.69, 9.17) is 0 Å². The maximum absolute atomic E-state index is 11.3. The van der Waals surface area contributed by atoms with Gasteiger partial charge in [0.2, 0.25) is 0 Å². The van der Waals surface area contributed by atoms with Crippen LogP contribution in [0.4, 0.5) is 0 Å². The van der Waals surface area contributed by atoms with Crippen molar-refractivity contribution in [3.05, 3.63) is 41.6 Å². The van der Waals surface area contributed by atoms with E-state index in [9.17, 15) is 9.90 Å². The molecule has 134 valence electrons. The van der Waals surface area contributed by atoms with Crippen LogP contribution in [0.25, 0.3) is 17.0 Å². The molecule has 0 bridgehead atoms. The summed E-state index contributed by atoms with van der Waals surface area (Å²) in [6.07, 6.45) is 5.68. The standard InChI is InChI=1S/C20H25NO2S2/c1-19(2,3)20(24-11-6-12-25-20)10-9-17-15(13-18(22)23)14-7-4-5-8-16(14)21-17/h4-5,7-10,21H,6,11-13H2,1-3H3,(H,22,23)/b10-9+. The van der Waals surface area contributed by atoms with Crippen LogP contribution in [-0.2, 0) is 11.2 Å². The van der Waals surface area contributed by atoms with Gasteiger partial charge in [0.15, 0.2) is 0 Å². The second-order valence-corrected chi connectivity index (χ2v) is 10.4. The Morgan fingerprint density at radius 1 is 1.28 bits per heavy atom. The Hall–Kier alpha value is -1.33. The summed E-state index contributed by atoms with van der Waals surface area (Å²) in [4.78, 5) is 14.8. The third-order valence-corrected chi connectivity index (χ3v) is 8.66. The van der Waals surface area contributed by atoms with Gasteiger partial charge in [-0.15, -0.1) is 23.5 Å². The van der Waals surface area contributed by atoms with Crippen LogP contribution in [0.1, 0.15) is 38.4 Å². The lowest BCUT2D eigenvalue weighted by Crippen LogP contribution is -2.37. The lowest BCUT2D eigenvalue weighted by atomic mass is 9.90. The largest absolute Gasteiger partial charge is 0.481 e. The number of nitrogens with one attached hydrogen (secondary N) is 1. The average molecular weight is 376 g/mol. The third-order valence-electron chi connectivity index (χ3n) is 4.61. The predicted molar refractivity (Wildman–Crippen MR) is 110 cm³/mol. The molecular formula is C20H25NO2S2. The number of hydrogen-bond donors (Lipinski definition) is 2. The van der Waals surface area contributed by atoms with Crippen molar-refractivity contribution in [2.45, 2.75) is 37.7 Å². The fraction of sp³-hybridized carbons (Fsp3) is 0.450. The highest BCUT2D eigenvalue weighted by Crippen LogP contribution is 2.54. The summed E-state index contributed by atoms with van der Waals surface area (Å²) in [6, 6.07) is 7.92. The van der Waals surface area contributed by atoms with E-state index in [1.54, 1.807) is 0 Å². The summed E-state index contributed by atoms with van der Waals surface area (Å²) in [7, 11) is 0. The molecule has 2 N–H and O–H groups in total. The molecule has 2 heterocycles. The summed E-state index contributed by atoms with van der Waals surface area (Å²) >= 11 is 4.02. The van der Waals surface area contributed by atoms with Crippen molar-refractivity contribution in [3.63, 3.8) is 0 Å². The Balaban J connectivity index is 2.03. The van der Waals surface area contributed by atoms with Crippen molar-refractivity contribution < 1.29 is 9.90 Å². The zero-order chi connectivity index (χ0) is 18.1. The minimum Gasteiger partial charge on any atom is -0.481 e. The van der Waals surface area contributed by atoms with E-state index < -0.39 is 5.97 Å². The molecule has 0 unspecified atom stereocenters. The van der Waals surface area contributed by atoms with Gasteiger partial charge in [-0.25, -0.2) is 0 Å². The highest BCUT2D eigenvalue weighted by Gasteiger charge is 2.42. The first-order chi connectivity index (χ1) is 11.8. The Morgan fingerprint density at radius 3 is 2.60 bits per heavy atom. The number of carbonyl (C=O) groups is 1. The molecule has 1 aliphatic rings. The number of thioether (sulfide) groups is 2. The van der Waals surface area contributed by atoms with Crippen molar-refractivity contribution in [3.8, 4) is 0 Å². The maximum Gasteiger partial charge on any atom is 0.307 e. The zero-order valence-electron chi connectivity index (χ0n) is 15.0. The van der Waals surface area contributed by atoms with Gasteiger partial charge >= 0.3 is 5.97 Å². The lowest BCUT2D eigenvalue weighted by molar-refractivity contribution is -0.136. The molecule has 1 aromatic heterocycles. The molecule has 1 fully saturated rings. The number of aromatic nitrogens is 1. The quantitative estimate of drug-likeness (QED) is 0.749. The molecule has 0 radical (unpaired) electrons. The van der Waals surface area contributed by atoms with Crippen molar-refractivity contribution in [1.29, 1.82) is 0 Å². The number of carboxylic acid groups (broad SMARTS) is 1. The minimum atomic E-state index is -0.800. The lowest BCUT2D eigenvalue weighted by Gasteiger charge is -2.44. The van der Waals surface area contributed by atoms with Crippen molar-refractivity contribution >= 4 is 46.5 Å². The van der Waals surface area contributed by atoms with Crippen LogP contribution >= 0.6 is 23.5 Å². The Bertz CT molecular complexity index is 796. The smallest absolute Gasteiger partial charge is 0.307 e. The Kier molecular flexibility index (Phi) is 5.26. The molecule has 0 spiro atoms. The van der Waals surface area contributed by atoms with Gasteiger partial charge in [-0.3, -0.25) is 4.79 Å². The van der Waals surface area contributed by atoms with Crippen LogP contribution in [0.5, 0.6) is 0 Å². The number of para-hydroxylation sites is 1. The number of benzene rings is 1. The second kappa shape index (κ2) is 7.12. The minimum absolute atomic E-state index is 0.0169. The van der Waals surface area contributed by atoms with E-state index in [0.717, 1.165) is 22.2 Å². The molecule has 5 heteroatoms. The van der Waals surface area contributed by atoms with E-state index in [1.165, 1.54) is 17.9 Å². The topological polar surface area (TPSA) is 53.1 Å². The first-order valence-corrected chi connectivity index (χ1v) is 10.6. The third kappa shape index (κ3) is 3.77. The highest BCUT2D eigenvalue weighted by molar-refractivity contribution is 8.19. The first kappa shape index (κ1) is 18.5. The number of fused-ring (bicyclic) bond motifs is 1. The van der Waals surface area contributed by atoms with Crippen molar-refractivity contribution in [2.75, 3.05) is 11.5 Å². The molecule has 3 nitrogen and oxygen atoms in total. The van der Waals surface area contributed by atoms with Crippen molar-refractivity contribution in [1.82, 2.24) is 4.98 Å². The predicted octanol–water partition coefficient (Wildman–Crippen LogP) is 5.42. The van der Waals surface area contributed by atoms with Gasteiger partial charge < -0.3 is 10.1 Å².